The van der Waals surface area contributed by atoms with Gasteiger partial charge in [0.2, 0.25) is 0 Å². The second kappa shape index (κ2) is 10.1. The molecule has 0 bridgehead atoms. The normalized spacial score (nSPS) is 11.4. The summed E-state index contributed by atoms with van der Waals surface area (Å²) in [6.07, 6.45) is 0. The number of nitrogens with zero attached hydrogens (tertiary/aromatic N) is 3. The second-order valence-corrected chi connectivity index (χ2v) is 8.55. The lowest BCUT2D eigenvalue weighted by atomic mass is 10.0. The zero-order chi connectivity index (χ0) is 22.5. The average Bonchev–Trinajstić information content (AvgIpc) is 3.25. The van der Waals surface area contributed by atoms with Crippen LogP contribution in [0.1, 0.15) is 31.1 Å². The van der Waals surface area contributed by atoms with Gasteiger partial charge in [-0.05, 0) is 49.0 Å². The number of fused-ring (bicyclic) bond motifs is 2. The molecule has 0 unspecified atom stereocenters. The molecule has 0 aliphatic rings. The Kier molecular flexibility index (Phi) is 7.02. The van der Waals surface area contributed by atoms with Crippen LogP contribution in [0, 0.1) is 0 Å². The number of carbonyl (C=O) groups is 1. The first kappa shape index (κ1) is 22.2. The highest BCUT2D eigenvalue weighted by molar-refractivity contribution is 7.22. The molecule has 0 saturated carbocycles. The van der Waals surface area contributed by atoms with Crippen molar-refractivity contribution in [1.29, 1.82) is 0 Å². The molecule has 32 heavy (non-hydrogen) atoms. The summed E-state index contributed by atoms with van der Waals surface area (Å²) in [5.74, 6) is 0.543. The lowest BCUT2D eigenvalue weighted by molar-refractivity contribution is 0.0982. The zero-order valence-electron chi connectivity index (χ0n) is 18.9. The third-order valence-electron chi connectivity index (χ3n) is 5.70. The molecule has 4 rings (SSSR count). The van der Waals surface area contributed by atoms with Crippen LogP contribution in [-0.2, 0) is 0 Å². The van der Waals surface area contributed by atoms with Gasteiger partial charge < -0.3 is 9.64 Å². The summed E-state index contributed by atoms with van der Waals surface area (Å²) in [6.45, 7) is 9.96. The number of likely N-dealkylation sites (N-methyl/N-ethyl adjacent to an activating group) is 1. The number of hydrogen-bond acceptors (Lipinski definition) is 5. The van der Waals surface area contributed by atoms with Crippen molar-refractivity contribution in [3.63, 3.8) is 0 Å². The van der Waals surface area contributed by atoms with E-state index in [1.54, 1.807) is 11.3 Å². The van der Waals surface area contributed by atoms with E-state index in [4.69, 9.17) is 9.72 Å². The molecule has 0 atom stereocenters. The predicted molar refractivity (Wildman–Crippen MR) is 134 cm³/mol. The summed E-state index contributed by atoms with van der Waals surface area (Å²) in [4.78, 5) is 23.1. The Morgan fingerprint density at radius 2 is 1.69 bits per heavy atom. The van der Waals surface area contributed by atoms with Gasteiger partial charge in [0.05, 0.1) is 22.4 Å². The first-order valence-corrected chi connectivity index (χ1v) is 12.0. The molecule has 166 valence electrons. The van der Waals surface area contributed by atoms with E-state index in [2.05, 4.69) is 18.7 Å². The van der Waals surface area contributed by atoms with E-state index >= 15 is 0 Å². The fourth-order valence-corrected chi connectivity index (χ4v) is 4.91. The van der Waals surface area contributed by atoms with E-state index in [1.165, 1.54) is 0 Å². The molecule has 0 saturated heterocycles. The van der Waals surface area contributed by atoms with Crippen molar-refractivity contribution in [2.75, 3.05) is 37.7 Å². The van der Waals surface area contributed by atoms with Gasteiger partial charge in [0.1, 0.15) is 5.75 Å². The Balaban J connectivity index is 1.82. The second-order valence-electron chi connectivity index (χ2n) is 7.54. The Hall–Kier alpha value is -2.96. The number of amides is 1. The van der Waals surface area contributed by atoms with Crippen molar-refractivity contribution < 1.29 is 9.53 Å². The maximum atomic E-state index is 14.1. The third kappa shape index (κ3) is 4.47. The first-order chi connectivity index (χ1) is 15.7. The predicted octanol–water partition coefficient (Wildman–Crippen LogP) is 5.84. The quantitative estimate of drug-likeness (QED) is 0.323. The fourth-order valence-electron chi connectivity index (χ4n) is 3.92. The largest absolute Gasteiger partial charge is 0.493 e. The van der Waals surface area contributed by atoms with Crippen LogP contribution in [0.25, 0.3) is 21.0 Å². The topological polar surface area (TPSA) is 45.7 Å². The van der Waals surface area contributed by atoms with E-state index < -0.39 is 0 Å². The molecule has 0 N–H and O–H groups in total. The van der Waals surface area contributed by atoms with Crippen LogP contribution in [0.4, 0.5) is 5.13 Å². The Morgan fingerprint density at radius 3 is 2.44 bits per heavy atom. The van der Waals surface area contributed by atoms with Crippen LogP contribution < -0.4 is 9.64 Å². The number of rotatable bonds is 9. The van der Waals surface area contributed by atoms with Crippen LogP contribution in [0.2, 0.25) is 0 Å². The van der Waals surface area contributed by atoms with Gasteiger partial charge >= 0.3 is 0 Å². The van der Waals surface area contributed by atoms with Gasteiger partial charge in [-0.2, -0.15) is 0 Å². The molecule has 6 heteroatoms. The van der Waals surface area contributed by atoms with Crippen molar-refractivity contribution in [1.82, 2.24) is 9.88 Å². The highest BCUT2D eigenvalue weighted by Gasteiger charge is 2.26. The molecule has 0 aliphatic carbocycles. The average molecular weight is 448 g/mol. The lowest BCUT2D eigenvalue weighted by Gasteiger charge is -2.26. The van der Waals surface area contributed by atoms with E-state index in [0.717, 1.165) is 45.8 Å². The summed E-state index contributed by atoms with van der Waals surface area (Å²) in [5, 5.41) is 2.64. The van der Waals surface area contributed by atoms with Gasteiger partial charge in [0, 0.05) is 13.1 Å². The van der Waals surface area contributed by atoms with Gasteiger partial charge in [-0.15, -0.1) is 0 Å². The lowest BCUT2D eigenvalue weighted by Crippen LogP contribution is -2.39. The smallest absolute Gasteiger partial charge is 0.264 e. The number of thiazole rings is 1. The maximum Gasteiger partial charge on any atom is 0.264 e. The number of hydrogen-bond donors (Lipinski definition) is 0. The molecular weight excluding hydrogens is 418 g/mol. The minimum atomic E-state index is -0.0727. The Labute approximate surface area is 193 Å². The van der Waals surface area contributed by atoms with Crippen LogP contribution in [0.15, 0.2) is 60.7 Å². The molecule has 4 aromatic rings. The molecule has 1 heterocycles. The van der Waals surface area contributed by atoms with Gasteiger partial charge in [-0.3, -0.25) is 9.69 Å². The maximum absolute atomic E-state index is 14.1. The van der Waals surface area contributed by atoms with E-state index in [-0.39, 0.29) is 5.91 Å². The minimum absolute atomic E-state index is 0.0727. The Morgan fingerprint density at radius 1 is 0.938 bits per heavy atom. The summed E-state index contributed by atoms with van der Waals surface area (Å²) >= 11 is 1.55. The first-order valence-electron chi connectivity index (χ1n) is 11.2. The summed E-state index contributed by atoms with van der Waals surface area (Å²) in [5.41, 5.74) is 1.51. The van der Waals surface area contributed by atoms with Crippen molar-refractivity contribution >= 4 is 43.4 Å². The highest BCUT2D eigenvalue weighted by Crippen LogP contribution is 2.34. The van der Waals surface area contributed by atoms with Gasteiger partial charge in [0.25, 0.3) is 5.91 Å². The van der Waals surface area contributed by atoms with Gasteiger partial charge in [-0.1, -0.05) is 67.6 Å². The number of carbonyl (C=O) groups excluding carboxylic acids is 1. The van der Waals surface area contributed by atoms with Crippen LogP contribution in [0.3, 0.4) is 0 Å². The monoisotopic (exact) mass is 447 g/mol. The van der Waals surface area contributed by atoms with Crippen LogP contribution in [-0.4, -0.2) is 48.6 Å². The molecule has 0 fully saturated rings. The molecule has 1 amide bonds. The van der Waals surface area contributed by atoms with Crippen molar-refractivity contribution in [3.05, 3.63) is 66.2 Å². The highest BCUT2D eigenvalue weighted by atomic mass is 32.1. The summed E-state index contributed by atoms with van der Waals surface area (Å²) < 4.78 is 6.98. The number of para-hydroxylation sites is 1. The van der Waals surface area contributed by atoms with Crippen molar-refractivity contribution in [2.45, 2.75) is 20.8 Å². The molecule has 5 nitrogen and oxygen atoms in total. The zero-order valence-corrected chi connectivity index (χ0v) is 19.7. The molecular formula is C26H29N3O2S. The van der Waals surface area contributed by atoms with Crippen LogP contribution >= 0.6 is 11.3 Å². The minimum Gasteiger partial charge on any atom is -0.493 e. The molecule has 0 aliphatic heterocycles. The molecule has 0 spiro atoms. The van der Waals surface area contributed by atoms with Gasteiger partial charge in [-0.25, -0.2) is 4.98 Å². The Bertz CT molecular complexity index is 1180. The van der Waals surface area contributed by atoms with Gasteiger partial charge in [0.15, 0.2) is 5.13 Å². The van der Waals surface area contributed by atoms with E-state index in [9.17, 15) is 4.79 Å². The SMILES string of the molecule is CCOc1ccc2ccccc2c1C(=O)N(CCN(CC)CC)c1nc2ccccc2s1. The summed E-state index contributed by atoms with van der Waals surface area (Å²) in [6, 6.07) is 19.9. The fraction of sp³-hybridized carbons (Fsp3) is 0.308. The number of anilines is 1. The molecule has 0 radical (unpaired) electrons. The number of aromatic nitrogens is 1. The number of benzene rings is 3. The van der Waals surface area contributed by atoms with Crippen molar-refractivity contribution in [3.8, 4) is 5.75 Å². The summed E-state index contributed by atoms with van der Waals surface area (Å²) in [7, 11) is 0. The molecule has 1 aromatic heterocycles. The number of ether oxygens (including phenoxy) is 1. The third-order valence-corrected chi connectivity index (χ3v) is 6.76. The van der Waals surface area contributed by atoms with E-state index in [0.29, 0.717) is 24.5 Å². The molecule has 3 aromatic carbocycles. The van der Waals surface area contributed by atoms with E-state index in [1.807, 2.05) is 72.5 Å². The standard InChI is InChI=1S/C26H29N3O2S/c1-4-28(5-2)17-18-29(26-27-21-13-9-10-14-23(21)32-26)25(30)24-20-12-8-7-11-19(20)15-16-22(24)31-6-3/h7-16H,4-6,17-18H2,1-3H3. The van der Waals surface area contributed by atoms with Crippen molar-refractivity contribution in [2.24, 2.45) is 0 Å². The van der Waals surface area contributed by atoms with Crippen LogP contribution in [0.5, 0.6) is 5.75 Å².